The number of carbonyl (C=O) groups is 2. The molecule has 3 N–H and O–H groups in total. The Morgan fingerprint density at radius 2 is 1.87 bits per heavy atom. The van der Waals surface area contributed by atoms with Crippen molar-refractivity contribution in [2.24, 2.45) is 5.92 Å². The average molecular weight is 556 g/mol. The van der Waals surface area contributed by atoms with Crippen molar-refractivity contribution in [1.82, 2.24) is 14.9 Å². The number of nitrogens with one attached hydrogen (secondary N) is 1. The van der Waals surface area contributed by atoms with Gasteiger partial charge < -0.3 is 20.1 Å². The Morgan fingerprint density at radius 1 is 1.18 bits per heavy atom. The lowest BCUT2D eigenvalue weighted by atomic mass is 9.98. The molecule has 3 aromatic rings. The smallest absolute Gasteiger partial charge is 0.336 e. The topological polar surface area (TPSA) is 104 Å². The Balaban J connectivity index is 2.08. The highest BCUT2D eigenvalue weighted by Crippen LogP contribution is 2.29. The van der Waals surface area contributed by atoms with Crippen LogP contribution in [-0.2, 0) is 18.6 Å². The maximum atomic E-state index is 15.5. The molecule has 1 atom stereocenters. The van der Waals surface area contributed by atoms with E-state index < -0.39 is 23.3 Å². The molecule has 1 heterocycles. The molecule has 39 heavy (non-hydrogen) atoms. The Kier molecular flexibility index (Phi) is 9.96. The van der Waals surface area contributed by atoms with Gasteiger partial charge in [0.2, 0.25) is 0 Å². The maximum Gasteiger partial charge on any atom is 0.336 e. The number of imidazole rings is 1. The van der Waals surface area contributed by atoms with Crippen molar-refractivity contribution in [3.05, 3.63) is 76.6 Å². The minimum Gasteiger partial charge on any atom is -0.478 e. The third kappa shape index (κ3) is 7.28. The van der Waals surface area contributed by atoms with Gasteiger partial charge in [0.15, 0.2) is 0 Å². The molecule has 0 aliphatic carbocycles. The average Bonchev–Trinajstić information content (AvgIpc) is 3.23. The largest absolute Gasteiger partial charge is 0.478 e. The zero-order valence-electron chi connectivity index (χ0n) is 23.2. The zero-order valence-corrected chi connectivity index (χ0v) is 24.1. The number of carboxylic acids is 1. The summed E-state index contributed by atoms with van der Waals surface area (Å²) in [4.78, 5) is 30.0. The number of aromatic nitrogens is 2. The van der Waals surface area contributed by atoms with Crippen LogP contribution in [0.25, 0.3) is 11.1 Å². The maximum absolute atomic E-state index is 15.5. The van der Waals surface area contributed by atoms with Crippen molar-refractivity contribution in [3.63, 3.8) is 0 Å². The Morgan fingerprint density at radius 3 is 2.44 bits per heavy atom. The van der Waals surface area contributed by atoms with Crippen LogP contribution < -0.4 is 5.32 Å². The fraction of sp³-hybridized carbons (Fsp3) is 0.433. The molecule has 0 aliphatic heterocycles. The second kappa shape index (κ2) is 12.8. The van der Waals surface area contributed by atoms with E-state index in [1.165, 1.54) is 12.1 Å². The number of nitrogens with zero attached hydrogens (tertiary/aromatic N) is 2. The summed E-state index contributed by atoms with van der Waals surface area (Å²) in [5.41, 5.74) is 0.271. The van der Waals surface area contributed by atoms with Crippen molar-refractivity contribution in [1.29, 1.82) is 0 Å². The van der Waals surface area contributed by atoms with Crippen LogP contribution in [0.5, 0.6) is 0 Å². The van der Waals surface area contributed by atoms with Crippen LogP contribution in [0.3, 0.4) is 0 Å². The van der Waals surface area contributed by atoms with Gasteiger partial charge in [0.05, 0.1) is 12.1 Å². The van der Waals surface area contributed by atoms with Gasteiger partial charge in [0.1, 0.15) is 28.6 Å². The van der Waals surface area contributed by atoms with Crippen LogP contribution in [0.4, 0.5) is 4.39 Å². The zero-order chi connectivity index (χ0) is 28.9. The van der Waals surface area contributed by atoms with Gasteiger partial charge in [-0.15, -0.1) is 0 Å². The molecule has 0 aliphatic rings. The molecular weight excluding hydrogens is 517 g/mol. The third-order valence-corrected chi connectivity index (χ3v) is 6.92. The number of hydrogen-bond acceptors (Lipinski definition) is 5. The molecule has 1 aromatic heterocycles. The van der Waals surface area contributed by atoms with Crippen molar-refractivity contribution in [2.75, 3.05) is 5.75 Å². The fourth-order valence-corrected chi connectivity index (χ4v) is 4.92. The molecule has 2 aromatic carbocycles. The van der Waals surface area contributed by atoms with Crippen LogP contribution in [0.1, 0.15) is 85.4 Å². The summed E-state index contributed by atoms with van der Waals surface area (Å²) in [6.07, 6.45) is 2.00. The van der Waals surface area contributed by atoms with Gasteiger partial charge in [-0.2, -0.15) is 12.6 Å². The van der Waals surface area contributed by atoms with Crippen LogP contribution in [0.15, 0.2) is 42.5 Å². The first-order valence-corrected chi connectivity index (χ1v) is 13.9. The first-order valence-electron chi connectivity index (χ1n) is 13.2. The monoisotopic (exact) mass is 555 g/mol. The van der Waals surface area contributed by atoms with E-state index in [4.69, 9.17) is 0 Å². The molecule has 0 bridgehead atoms. The van der Waals surface area contributed by atoms with Gasteiger partial charge in [-0.25, -0.2) is 14.2 Å². The predicted octanol–water partition coefficient (Wildman–Crippen LogP) is 5.69. The number of carboxylic acid groups (broad SMARTS) is 1. The van der Waals surface area contributed by atoms with E-state index in [2.05, 4.69) is 36.8 Å². The molecule has 9 heteroatoms. The van der Waals surface area contributed by atoms with E-state index in [1.807, 2.05) is 6.92 Å². The van der Waals surface area contributed by atoms with Crippen LogP contribution >= 0.6 is 12.6 Å². The number of benzene rings is 2. The summed E-state index contributed by atoms with van der Waals surface area (Å²) in [6.45, 7) is 9.28. The number of halogens is 1. The number of carbonyl (C=O) groups excluding carboxylic acids is 1. The van der Waals surface area contributed by atoms with Gasteiger partial charge >= 0.3 is 5.97 Å². The normalized spacial score (nSPS) is 12.5. The van der Waals surface area contributed by atoms with Gasteiger partial charge in [-0.05, 0) is 55.9 Å². The van der Waals surface area contributed by atoms with Gasteiger partial charge in [0.25, 0.3) is 5.91 Å². The quantitative estimate of drug-likeness (QED) is 0.215. The van der Waals surface area contributed by atoms with Crippen molar-refractivity contribution >= 4 is 24.5 Å². The van der Waals surface area contributed by atoms with E-state index in [-0.39, 0.29) is 29.5 Å². The summed E-state index contributed by atoms with van der Waals surface area (Å²) in [7, 11) is 0. The molecule has 0 saturated heterocycles. The summed E-state index contributed by atoms with van der Waals surface area (Å²) >= 11 is 4.40. The highest BCUT2D eigenvalue weighted by atomic mass is 32.1. The number of amides is 1. The van der Waals surface area contributed by atoms with Crippen LogP contribution in [-0.4, -0.2) is 43.4 Å². The lowest BCUT2D eigenvalue weighted by molar-refractivity contribution is 0.0695. The van der Waals surface area contributed by atoms with Crippen molar-refractivity contribution in [3.8, 4) is 11.1 Å². The molecule has 1 unspecified atom stereocenters. The van der Waals surface area contributed by atoms with Crippen molar-refractivity contribution < 1.29 is 24.2 Å². The minimum atomic E-state index is -1.40. The van der Waals surface area contributed by atoms with Crippen LogP contribution in [0.2, 0.25) is 0 Å². The Labute approximate surface area is 234 Å². The van der Waals surface area contributed by atoms with E-state index in [0.717, 1.165) is 12.8 Å². The first kappa shape index (κ1) is 30.4. The van der Waals surface area contributed by atoms with E-state index >= 15 is 4.39 Å². The lowest BCUT2D eigenvalue weighted by Crippen LogP contribution is -2.39. The SMILES string of the molecule is CCCc1nc(C(C)(C)O)c(C(=O)NC(CS)CC(C)C)n1Cc1ccc(-c2ccccc2C(=O)O)cc1F. The second-order valence-corrected chi connectivity index (χ2v) is 11.1. The van der Waals surface area contributed by atoms with Gasteiger partial charge in [-0.1, -0.05) is 51.1 Å². The van der Waals surface area contributed by atoms with Crippen molar-refractivity contribution in [2.45, 2.75) is 72.1 Å². The summed E-state index contributed by atoms with van der Waals surface area (Å²) in [5, 5.41) is 23.5. The molecule has 0 saturated carbocycles. The highest BCUT2D eigenvalue weighted by molar-refractivity contribution is 7.80. The van der Waals surface area contributed by atoms with E-state index in [9.17, 15) is 19.8 Å². The third-order valence-electron chi connectivity index (χ3n) is 6.48. The Bertz CT molecular complexity index is 1330. The van der Waals surface area contributed by atoms with E-state index in [1.54, 1.807) is 48.7 Å². The number of rotatable bonds is 12. The summed E-state index contributed by atoms with van der Waals surface area (Å²) in [5.74, 6) is -0.654. The molecule has 0 spiro atoms. The number of aromatic carboxylic acids is 1. The number of hydrogen-bond donors (Lipinski definition) is 4. The molecular formula is C30H38FN3O4S. The summed E-state index contributed by atoms with van der Waals surface area (Å²) in [6, 6.07) is 10.8. The highest BCUT2D eigenvalue weighted by Gasteiger charge is 2.32. The number of thiol groups is 1. The molecule has 3 rings (SSSR count). The Hall–Kier alpha value is -3.17. The lowest BCUT2D eigenvalue weighted by Gasteiger charge is -2.22. The minimum absolute atomic E-state index is 0.0174. The molecule has 7 nitrogen and oxygen atoms in total. The standard InChI is InChI=1S/C30H38FN3O4S/c1-6-9-25-33-27(30(4,5)38)26(28(35)32-21(17-39)14-18(2)3)34(25)16-20-13-12-19(15-24(20)31)22-10-7-8-11-23(22)29(36)37/h7-8,10-13,15,18,21,38-39H,6,9,14,16-17H2,1-5H3,(H,32,35)(H,36,37). The van der Waals surface area contributed by atoms with Gasteiger partial charge in [-0.3, -0.25) is 4.79 Å². The first-order chi connectivity index (χ1) is 18.4. The fourth-order valence-electron chi connectivity index (χ4n) is 4.68. The molecule has 0 fully saturated rings. The molecule has 1 amide bonds. The molecule has 210 valence electrons. The predicted molar refractivity (Wildman–Crippen MR) is 154 cm³/mol. The number of aliphatic hydroxyl groups is 1. The summed E-state index contributed by atoms with van der Waals surface area (Å²) < 4.78 is 17.2. The molecule has 0 radical (unpaired) electrons. The second-order valence-electron chi connectivity index (χ2n) is 10.8. The van der Waals surface area contributed by atoms with Gasteiger partial charge in [0, 0.05) is 23.8 Å². The van der Waals surface area contributed by atoms with Crippen LogP contribution in [0, 0.1) is 11.7 Å². The van der Waals surface area contributed by atoms with E-state index in [0.29, 0.717) is 40.6 Å². The number of aryl methyl sites for hydroxylation is 1.